The molecule has 1 aliphatic carbocycles. The Hall–Kier alpha value is -2.64. The summed E-state index contributed by atoms with van der Waals surface area (Å²) < 4.78 is 5.20. The molecule has 29 heavy (non-hydrogen) atoms. The SMILES string of the molecule is CCN(C(=O)COC(=O)c1ccc(N2CCCC2)c([N+](=O)[O-])c1)C1CCCCC1. The summed E-state index contributed by atoms with van der Waals surface area (Å²) in [4.78, 5) is 39.7. The number of carbonyl (C=O) groups is 2. The molecule has 1 aromatic rings. The Morgan fingerprint density at radius 1 is 1.17 bits per heavy atom. The van der Waals surface area contributed by atoms with E-state index in [2.05, 4.69) is 0 Å². The molecular weight excluding hydrogens is 374 g/mol. The smallest absolute Gasteiger partial charge is 0.338 e. The number of nitro benzene ring substituents is 1. The maximum absolute atomic E-state index is 12.5. The molecule has 1 aromatic carbocycles. The van der Waals surface area contributed by atoms with Crippen molar-refractivity contribution in [2.24, 2.45) is 0 Å². The summed E-state index contributed by atoms with van der Waals surface area (Å²) in [5, 5.41) is 11.5. The maximum Gasteiger partial charge on any atom is 0.338 e. The summed E-state index contributed by atoms with van der Waals surface area (Å²) in [6.07, 6.45) is 7.39. The van der Waals surface area contributed by atoms with E-state index in [1.165, 1.54) is 18.6 Å². The standard InChI is InChI=1S/C21H29N3O5/c1-2-23(17-8-4-3-5-9-17)20(25)15-29-21(26)16-10-11-18(19(14-16)24(27)28)22-12-6-7-13-22/h10-11,14,17H,2-9,12-13,15H2,1H3. The normalized spacial score (nSPS) is 17.2. The summed E-state index contributed by atoms with van der Waals surface area (Å²) in [7, 11) is 0. The quantitative estimate of drug-likeness (QED) is 0.393. The molecule has 1 amide bonds. The Morgan fingerprint density at radius 2 is 1.86 bits per heavy atom. The highest BCUT2D eigenvalue weighted by Crippen LogP contribution is 2.32. The monoisotopic (exact) mass is 403 g/mol. The van der Waals surface area contributed by atoms with Gasteiger partial charge in [-0.05, 0) is 44.7 Å². The predicted molar refractivity (Wildman–Crippen MR) is 109 cm³/mol. The van der Waals surface area contributed by atoms with E-state index in [-0.39, 0.29) is 29.8 Å². The van der Waals surface area contributed by atoms with Crippen LogP contribution in [0.15, 0.2) is 18.2 Å². The number of ether oxygens (including phenoxy) is 1. The fraction of sp³-hybridized carbons (Fsp3) is 0.619. The zero-order valence-corrected chi connectivity index (χ0v) is 17.0. The van der Waals surface area contributed by atoms with Gasteiger partial charge in [0.25, 0.3) is 11.6 Å². The second-order valence-electron chi connectivity index (χ2n) is 7.70. The molecule has 0 unspecified atom stereocenters. The molecule has 8 heteroatoms. The van der Waals surface area contributed by atoms with Gasteiger partial charge in [0.1, 0.15) is 5.69 Å². The molecule has 0 radical (unpaired) electrons. The molecule has 1 heterocycles. The molecule has 8 nitrogen and oxygen atoms in total. The van der Waals surface area contributed by atoms with Gasteiger partial charge < -0.3 is 14.5 Å². The summed E-state index contributed by atoms with van der Waals surface area (Å²) in [5.74, 6) is -0.926. The fourth-order valence-corrected chi connectivity index (χ4v) is 4.35. The van der Waals surface area contributed by atoms with Crippen molar-refractivity contribution in [3.8, 4) is 0 Å². The first-order valence-electron chi connectivity index (χ1n) is 10.5. The van der Waals surface area contributed by atoms with E-state index in [4.69, 9.17) is 4.74 Å². The number of hydrogen-bond donors (Lipinski definition) is 0. The van der Waals surface area contributed by atoms with Crippen molar-refractivity contribution in [3.63, 3.8) is 0 Å². The van der Waals surface area contributed by atoms with Crippen LogP contribution in [0.1, 0.15) is 62.2 Å². The number of nitro groups is 1. The second kappa shape index (κ2) is 9.71. The molecule has 1 saturated heterocycles. The number of anilines is 1. The summed E-state index contributed by atoms with van der Waals surface area (Å²) in [5.41, 5.74) is 0.507. The lowest BCUT2D eigenvalue weighted by molar-refractivity contribution is -0.384. The summed E-state index contributed by atoms with van der Waals surface area (Å²) >= 11 is 0. The highest BCUT2D eigenvalue weighted by Gasteiger charge is 2.27. The molecular formula is C21H29N3O5. The van der Waals surface area contributed by atoms with E-state index >= 15 is 0 Å². The zero-order valence-electron chi connectivity index (χ0n) is 17.0. The number of carbonyl (C=O) groups excluding carboxylic acids is 2. The predicted octanol–water partition coefficient (Wildman–Crippen LogP) is 3.53. The molecule has 158 valence electrons. The van der Waals surface area contributed by atoms with Crippen LogP contribution in [0.3, 0.4) is 0 Å². The van der Waals surface area contributed by atoms with E-state index in [0.29, 0.717) is 12.2 Å². The van der Waals surface area contributed by atoms with Gasteiger partial charge in [0.15, 0.2) is 6.61 Å². The maximum atomic E-state index is 12.5. The minimum atomic E-state index is -0.714. The van der Waals surface area contributed by atoms with Crippen LogP contribution in [-0.2, 0) is 9.53 Å². The third-order valence-corrected chi connectivity index (χ3v) is 5.86. The van der Waals surface area contributed by atoms with Crippen LogP contribution in [0.2, 0.25) is 0 Å². The van der Waals surface area contributed by atoms with Crippen LogP contribution >= 0.6 is 0 Å². The molecule has 2 fully saturated rings. The molecule has 1 saturated carbocycles. The number of likely N-dealkylation sites (N-methyl/N-ethyl adjacent to an activating group) is 1. The molecule has 2 aliphatic rings. The van der Waals surface area contributed by atoms with E-state index in [9.17, 15) is 19.7 Å². The van der Waals surface area contributed by atoms with Crippen molar-refractivity contribution in [2.45, 2.75) is 57.9 Å². The van der Waals surface area contributed by atoms with Crippen LogP contribution in [0.4, 0.5) is 11.4 Å². The van der Waals surface area contributed by atoms with Crippen LogP contribution in [0.25, 0.3) is 0 Å². The first-order valence-corrected chi connectivity index (χ1v) is 10.5. The number of esters is 1. The van der Waals surface area contributed by atoms with E-state index in [1.807, 2.05) is 11.8 Å². The number of hydrogen-bond acceptors (Lipinski definition) is 6. The Labute approximate surface area is 171 Å². The van der Waals surface area contributed by atoms with Gasteiger partial charge in [-0.25, -0.2) is 4.79 Å². The third kappa shape index (κ3) is 5.05. The molecule has 0 bridgehead atoms. The molecule has 0 spiro atoms. The van der Waals surface area contributed by atoms with Crippen molar-refractivity contribution in [1.82, 2.24) is 4.90 Å². The Balaban J connectivity index is 1.64. The van der Waals surface area contributed by atoms with Crippen molar-refractivity contribution >= 4 is 23.3 Å². The highest BCUT2D eigenvalue weighted by atomic mass is 16.6. The first kappa shape index (κ1) is 21.1. The summed E-state index contributed by atoms with van der Waals surface area (Å²) in [6, 6.07) is 4.59. The lowest BCUT2D eigenvalue weighted by atomic mass is 9.94. The number of benzene rings is 1. The second-order valence-corrected chi connectivity index (χ2v) is 7.70. The van der Waals surface area contributed by atoms with E-state index in [0.717, 1.165) is 51.6 Å². The Kier molecular flexibility index (Phi) is 7.06. The van der Waals surface area contributed by atoms with Gasteiger partial charge in [0.05, 0.1) is 10.5 Å². The highest BCUT2D eigenvalue weighted by molar-refractivity contribution is 5.93. The number of amides is 1. The molecule has 3 rings (SSSR count). The lowest BCUT2D eigenvalue weighted by Crippen LogP contribution is -2.43. The summed E-state index contributed by atoms with van der Waals surface area (Å²) in [6.45, 7) is 3.71. The number of nitrogens with zero attached hydrogens (tertiary/aromatic N) is 3. The van der Waals surface area contributed by atoms with E-state index < -0.39 is 10.9 Å². The minimum Gasteiger partial charge on any atom is -0.452 e. The van der Waals surface area contributed by atoms with Gasteiger partial charge in [-0.3, -0.25) is 14.9 Å². The van der Waals surface area contributed by atoms with Crippen molar-refractivity contribution in [3.05, 3.63) is 33.9 Å². The lowest BCUT2D eigenvalue weighted by Gasteiger charge is -2.33. The van der Waals surface area contributed by atoms with Gasteiger partial charge in [0.2, 0.25) is 0 Å². The average molecular weight is 403 g/mol. The first-order chi connectivity index (χ1) is 14.0. The topological polar surface area (TPSA) is 93.0 Å². The average Bonchev–Trinajstić information content (AvgIpc) is 3.27. The Bertz CT molecular complexity index is 755. The van der Waals surface area contributed by atoms with Gasteiger partial charge in [-0.15, -0.1) is 0 Å². The van der Waals surface area contributed by atoms with Crippen LogP contribution in [0.5, 0.6) is 0 Å². The van der Waals surface area contributed by atoms with Gasteiger partial charge in [-0.1, -0.05) is 19.3 Å². The van der Waals surface area contributed by atoms with E-state index in [1.54, 1.807) is 11.0 Å². The van der Waals surface area contributed by atoms with Gasteiger partial charge in [0, 0.05) is 31.7 Å². The van der Waals surface area contributed by atoms with Crippen LogP contribution < -0.4 is 4.90 Å². The Morgan fingerprint density at radius 3 is 2.48 bits per heavy atom. The molecule has 0 atom stereocenters. The van der Waals surface area contributed by atoms with Crippen molar-refractivity contribution in [2.75, 3.05) is 31.1 Å². The largest absolute Gasteiger partial charge is 0.452 e. The van der Waals surface area contributed by atoms with Crippen LogP contribution in [0, 0.1) is 10.1 Å². The minimum absolute atomic E-state index is 0.0909. The van der Waals surface area contributed by atoms with Crippen LogP contribution in [-0.4, -0.2) is 54.0 Å². The molecule has 0 aromatic heterocycles. The third-order valence-electron chi connectivity index (χ3n) is 5.86. The number of rotatable bonds is 7. The van der Waals surface area contributed by atoms with Gasteiger partial charge in [-0.2, -0.15) is 0 Å². The zero-order chi connectivity index (χ0) is 20.8. The molecule has 0 N–H and O–H groups in total. The fourth-order valence-electron chi connectivity index (χ4n) is 4.35. The van der Waals surface area contributed by atoms with Crippen molar-refractivity contribution in [1.29, 1.82) is 0 Å². The van der Waals surface area contributed by atoms with Crippen molar-refractivity contribution < 1.29 is 19.2 Å². The van der Waals surface area contributed by atoms with Gasteiger partial charge >= 0.3 is 5.97 Å². The molecule has 1 aliphatic heterocycles.